The van der Waals surface area contributed by atoms with Crippen molar-refractivity contribution in [2.24, 2.45) is 0 Å². The smallest absolute Gasteiger partial charge is 0.256 e. The number of anilines is 2. The molecule has 4 aromatic rings. The number of thioether (sulfide) groups is 1. The second kappa shape index (κ2) is 9.89. The third kappa shape index (κ3) is 4.65. The number of rotatable bonds is 7. The van der Waals surface area contributed by atoms with Gasteiger partial charge in [0.25, 0.3) is 5.91 Å². The molecule has 0 saturated carbocycles. The van der Waals surface area contributed by atoms with Crippen LogP contribution < -0.4 is 15.4 Å². The maximum atomic E-state index is 13.5. The predicted molar refractivity (Wildman–Crippen MR) is 136 cm³/mol. The van der Waals surface area contributed by atoms with E-state index in [4.69, 9.17) is 25.9 Å². The van der Waals surface area contributed by atoms with Crippen LogP contribution in [0.1, 0.15) is 24.3 Å². The third-order valence-corrected chi connectivity index (χ3v) is 6.82. The van der Waals surface area contributed by atoms with Crippen LogP contribution in [0.15, 0.2) is 87.8 Å². The highest BCUT2D eigenvalue weighted by Crippen LogP contribution is 2.38. The number of amides is 1. The van der Waals surface area contributed by atoms with Crippen LogP contribution in [0, 0.1) is 0 Å². The fourth-order valence-electron chi connectivity index (χ4n) is 3.89. The summed E-state index contributed by atoms with van der Waals surface area (Å²) in [6.45, 7) is 1.84. The summed E-state index contributed by atoms with van der Waals surface area (Å²) < 4.78 is 12.8. The molecule has 35 heavy (non-hydrogen) atoms. The second-order valence-electron chi connectivity index (χ2n) is 7.78. The summed E-state index contributed by atoms with van der Waals surface area (Å²) in [5, 5.41) is 12.1. The lowest BCUT2D eigenvalue weighted by Crippen LogP contribution is -2.31. The molecule has 1 aliphatic rings. The first kappa shape index (κ1) is 23.1. The number of carbonyl (C=O) groups excluding carboxylic acids is 1. The lowest BCUT2D eigenvalue weighted by Gasteiger charge is -2.27. The molecule has 1 atom stereocenters. The number of furan rings is 1. The molecule has 10 heteroatoms. The fraction of sp³-hybridized carbons (Fsp3) is 0.160. The molecular formula is C25H22ClN5O3S. The summed E-state index contributed by atoms with van der Waals surface area (Å²) in [4.78, 5) is 18.2. The number of methoxy groups -OCH3 is 1. The van der Waals surface area contributed by atoms with E-state index in [-0.39, 0.29) is 5.91 Å². The number of hydrogen-bond donors (Lipinski definition) is 2. The van der Waals surface area contributed by atoms with Gasteiger partial charge in [-0.1, -0.05) is 53.7 Å². The molecule has 0 spiro atoms. The van der Waals surface area contributed by atoms with Crippen LogP contribution >= 0.6 is 23.4 Å². The Kier molecular flexibility index (Phi) is 6.52. The zero-order chi connectivity index (χ0) is 24.4. The summed E-state index contributed by atoms with van der Waals surface area (Å²) >= 11 is 7.76. The first-order valence-corrected chi connectivity index (χ1v) is 12.2. The SMILES string of the molecule is COc1ccccc1NC(=O)C1=C(C)Nc2nc(SCc3ccccc3Cl)nn2C1c1ccco1. The molecule has 3 heterocycles. The highest BCUT2D eigenvalue weighted by molar-refractivity contribution is 7.98. The molecule has 0 radical (unpaired) electrons. The number of halogens is 1. The van der Waals surface area contributed by atoms with Crippen LogP contribution in [0.2, 0.25) is 5.02 Å². The van der Waals surface area contributed by atoms with Crippen LogP contribution in [0.5, 0.6) is 5.75 Å². The van der Waals surface area contributed by atoms with Crippen molar-refractivity contribution < 1.29 is 13.9 Å². The Hall–Kier alpha value is -3.69. The van der Waals surface area contributed by atoms with E-state index in [1.165, 1.54) is 11.8 Å². The van der Waals surface area contributed by atoms with Crippen molar-refractivity contribution in [2.75, 3.05) is 17.7 Å². The predicted octanol–water partition coefficient (Wildman–Crippen LogP) is 5.75. The Morgan fingerprint density at radius 1 is 1.20 bits per heavy atom. The molecule has 2 aromatic carbocycles. The van der Waals surface area contributed by atoms with Gasteiger partial charge in [-0.05, 0) is 42.8 Å². The van der Waals surface area contributed by atoms with Crippen molar-refractivity contribution in [1.82, 2.24) is 14.8 Å². The number of fused-ring (bicyclic) bond motifs is 1. The van der Waals surface area contributed by atoms with Gasteiger partial charge in [0.15, 0.2) is 0 Å². The van der Waals surface area contributed by atoms with E-state index in [9.17, 15) is 4.79 Å². The van der Waals surface area contributed by atoms with Crippen LogP contribution in [0.25, 0.3) is 0 Å². The zero-order valence-electron chi connectivity index (χ0n) is 19.0. The summed E-state index contributed by atoms with van der Waals surface area (Å²) in [7, 11) is 1.56. The molecular weight excluding hydrogens is 486 g/mol. The van der Waals surface area contributed by atoms with E-state index < -0.39 is 6.04 Å². The highest BCUT2D eigenvalue weighted by atomic mass is 35.5. The molecule has 0 saturated heterocycles. The number of para-hydroxylation sites is 2. The summed E-state index contributed by atoms with van der Waals surface area (Å²) in [6.07, 6.45) is 1.58. The second-order valence-corrected chi connectivity index (χ2v) is 9.13. The van der Waals surface area contributed by atoms with Crippen molar-refractivity contribution in [1.29, 1.82) is 0 Å². The highest BCUT2D eigenvalue weighted by Gasteiger charge is 2.36. The van der Waals surface area contributed by atoms with Crippen LogP contribution in [0.3, 0.4) is 0 Å². The van der Waals surface area contributed by atoms with E-state index in [2.05, 4.69) is 15.6 Å². The molecule has 2 N–H and O–H groups in total. The van der Waals surface area contributed by atoms with Gasteiger partial charge in [0.1, 0.15) is 17.6 Å². The Morgan fingerprint density at radius 3 is 2.77 bits per heavy atom. The standard InChI is InChI=1S/C25H22ClN5O3S/c1-15-21(23(32)28-18-10-5-6-11-19(18)33-2)22(20-12-7-13-34-20)31-24(27-15)29-25(30-31)35-14-16-8-3-4-9-17(16)26/h3-13,22H,14H2,1-2H3,(H,28,32)(H,27,29,30). The largest absolute Gasteiger partial charge is 0.495 e. The van der Waals surface area contributed by atoms with Crippen molar-refractivity contribution in [3.05, 3.63) is 94.5 Å². The minimum atomic E-state index is -0.599. The molecule has 8 nitrogen and oxygen atoms in total. The normalized spacial score (nSPS) is 14.9. The first-order chi connectivity index (χ1) is 17.0. The molecule has 0 fully saturated rings. The number of carbonyl (C=O) groups is 1. The van der Waals surface area contributed by atoms with Gasteiger partial charge in [-0.15, -0.1) is 5.10 Å². The molecule has 1 amide bonds. The Balaban J connectivity index is 1.46. The maximum absolute atomic E-state index is 13.5. The van der Waals surface area contributed by atoms with Crippen molar-refractivity contribution >= 4 is 40.9 Å². The van der Waals surface area contributed by atoms with Gasteiger partial charge in [0, 0.05) is 16.5 Å². The van der Waals surface area contributed by atoms with E-state index in [0.717, 1.165) is 5.56 Å². The maximum Gasteiger partial charge on any atom is 0.256 e. The van der Waals surface area contributed by atoms with Crippen LogP contribution in [-0.2, 0) is 10.5 Å². The molecule has 1 unspecified atom stereocenters. The minimum Gasteiger partial charge on any atom is -0.495 e. The zero-order valence-corrected chi connectivity index (χ0v) is 20.6. The molecule has 5 rings (SSSR count). The average Bonchev–Trinajstić information content (AvgIpc) is 3.53. The van der Waals surface area contributed by atoms with Gasteiger partial charge < -0.3 is 19.8 Å². The van der Waals surface area contributed by atoms with Gasteiger partial charge in [-0.25, -0.2) is 4.68 Å². The van der Waals surface area contributed by atoms with Crippen molar-refractivity contribution in [2.45, 2.75) is 23.9 Å². The number of nitrogens with one attached hydrogen (secondary N) is 2. The summed E-state index contributed by atoms with van der Waals surface area (Å²) in [6, 6.07) is 17.9. The van der Waals surface area contributed by atoms with E-state index in [0.29, 0.717) is 50.3 Å². The van der Waals surface area contributed by atoms with E-state index in [1.807, 2.05) is 49.4 Å². The fourth-order valence-corrected chi connectivity index (χ4v) is 5.01. The van der Waals surface area contributed by atoms with Gasteiger partial charge in [0.2, 0.25) is 11.1 Å². The monoisotopic (exact) mass is 507 g/mol. The Labute approximate surface area is 211 Å². The lowest BCUT2D eigenvalue weighted by molar-refractivity contribution is -0.113. The molecule has 0 aliphatic carbocycles. The summed E-state index contributed by atoms with van der Waals surface area (Å²) in [5.74, 6) is 1.98. The molecule has 0 bridgehead atoms. The number of hydrogen-bond acceptors (Lipinski definition) is 7. The van der Waals surface area contributed by atoms with E-state index in [1.54, 1.807) is 36.3 Å². The quantitative estimate of drug-likeness (QED) is 0.307. The molecule has 178 valence electrons. The summed E-state index contributed by atoms with van der Waals surface area (Å²) in [5.41, 5.74) is 2.68. The van der Waals surface area contributed by atoms with Crippen molar-refractivity contribution in [3.63, 3.8) is 0 Å². The van der Waals surface area contributed by atoms with Crippen LogP contribution in [0.4, 0.5) is 11.6 Å². The van der Waals surface area contributed by atoms with Gasteiger partial charge in [-0.2, -0.15) is 4.98 Å². The topological polar surface area (TPSA) is 94.2 Å². The third-order valence-electron chi connectivity index (χ3n) is 5.56. The van der Waals surface area contributed by atoms with Crippen LogP contribution in [-0.4, -0.2) is 27.8 Å². The first-order valence-electron chi connectivity index (χ1n) is 10.8. The molecule has 1 aliphatic heterocycles. The van der Waals surface area contributed by atoms with Gasteiger partial charge >= 0.3 is 0 Å². The van der Waals surface area contributed by atoms with Crippen molar-refractivity contribution in [3.8, 4) is 5.75 Å². The number of aromatic nitrogens is 3. The number of benzene rings is 2. The Bertz CT molecular complexity index is 1400. The minimum absolute atomic E-state index is 0.299. The van der Waals surface area contributed by atoms with Gasteiger partial charge in [0.05, 0.1) is 24.6 Å². The number of nitrogens with zero attached hydrogens (tertiary/aromatic N) is 3. The lowest BCUT2D eigenvalue weighted by atomic mass is 10.00. The average molecular weight is 508 g/mol. The van der Waals surface area contributed by atoms with Gasteiger partial charge in [-0.3, -0.25) is 4.79 Å². The molecule has 2 aromatic heterocycles. The number of ether oxygens (including phenoxy) is 1. The van der Waals surface area contributed by atoms with E-state index >= 15 is 0 Å². The number of allylic oxidation sites excluding steroid dienone is 1. The Morgan fingerprint density at radius 2 is 2.00 bits per heavy atom.